The summed E-state index contributed by atoms with van der Waals surface area (Å²) in [5.74, 6) is -1.41. The van der Waals surface area contributed by atoms with Gasteiger partial charge >= 0.3 is 43.3 Å². The van der Waals surface area contributed by atoms with Crippen molar-refractivity contribution in [1.29, 1.82) is 0 Å². The first-order valence-electron chi connectivity index (χ1n) is 2.29. The van der Waals surface area contributed by atoms with Gasteiger partial charge in [-0.3, -0.25) is 4.52 Å². The maximum atomic E-state index is 9.96. The van der Waals surface area contributed by atoms with Gasteiger partial charge in [-0.25, -0.2) is 9.36 Å². The second-order valence-corrected chi connectivity index (χ2v) is 2.77. The Hall–Kier alpha value is 0.580. The van der Waals surface area contributed by atoms with Gasteiger partial charge in [-0.15, -0.1) is 0 Å². The van der Waals surface area contributed by atoms with E-state index in [1.165, 1.54) is 0 Å². The van der Waals surface area contributed by atoms with Crippen molar-refractivity contribution < 1.29 is 28.8 Å². The molecule has 0 rings (SSSR count). The van der Waals surface area contributed by atoms with Gasteiger partial charge in [0.1, 0.15) is 0 Å². The summed E-state index contributed by atoms with van der Waals surface area (Å²) in [6, 6.07) is 0. The van der Waals surface area contributed by atoms with Crippen LogP contribution in [-0.4, -0.2) is 56.5 Å². The van der Waals surface area contributed by atoms with Crippen molar-refractivity contribution in [2.24, 2.45) is 0 Å². The Morgan fingerprint density at radius 2 is 1.91 bits per heavy atom. The molecule has 0 aromatic rings. The van der Waals surface area contributed by atoms with E-state index in [9.17, 15) is 9.36 Å². The molecule has 0 aliphatic rings. The summed E-state index contributed by atoms with van der Waals surface area (Å²) in [6.45, 7) is 1.03. The molecular formula is C3H8NaO6P. The van der Waals surface area contributed by atoms with Crippen LogP contribution in [0.2, 0.25) is 0 Å². The quantitative estimate of drug-likeness (QED) is 0.390. The van der Waals surface area contributed by atoms with Crippen LogP contribution in [0.15, 0.2) is 0 Å². The number of phosphoric ester groups is 1. The number of rotatable bonds is 3. The molecule has 0 saturated carbocycles. The molecule has 0 radical (unpaired) electrons. The SMILES string of the molecule is CC(OP(=O)(O)O)C(=O)O.[NaH]. The Bertz CT molecular complexity index is 175. The Morgan fingerprint density at radius 3 is 2.00 bits per heavy atom. The van der Waals surface area contributed by atoms with Gasteiger partial charge in [0.15, 0.2) is 6.10 Å². The first-order chi connectivity index (χ1) is 4.33. The van der Waals surface area contributed by atoms with Crippen molar-refractivity contribution in [3.05, 3.63) is 0 Å². The van der Waals surface area contributed by atoms with E-state index in [-0.39, 0.29) is 29.6 Å². The van der Waals surface area contributed by atoms with E-state index in [4.69, 9.17) is 14.9 Å². The molecule has 0 fully saturated rings. The zero-order valence-electron chi connectivity index (χ0n) is 5.09. The van der Waals surface area contributed by atoms with Crippen LogP contribution in [0.4, 0.5) is 0 Å². The fraction of sp³-hybridized carbons (Fsp3) is 0.667. The molecule has 3 N–H and O–H groups in total. The first kappa shape index (κ1) is 14.1. The Balaban J connectivity index is 0. The number of phosphoric acid groups is 1. The van der Waals surface area contributed by atoms with Gasteiger partial charge in [-0.1, -0.05) is 0 Å². The molecule has 0 aromatic heterocycles. The van der Waals surface area contributed by atoms with Crippen LogP contribution >= 0.6 is 7.82 Å². The minimum atomic E-state index is -4.66. The molecular weight excluding hydrogens is 186 g/mol. The summed E-state index contributed by atoms with van der Waals surface area (Å²) in [5.41, 5.74) is 0. The van der Waals surface area contributed by atoms with Crippen LogP contribution in [0.1, 0.15) is 6.92 Å². The third kappa shape index (κ3) is 8.49. The molecule has 11 heavy (non-hydrogen) atoms. The van der Waals surface area contributed by atoms with Crippen molar-refractivity contribution >= 4 is 43.3 Å². The molecule has 0 amide bonds. The molecule has 0 bridgehead atoms. The second kappa shape index (κ2) is 5.27. The topological polar surface area (TPSA) is 104 Å². The molecule has 0 aliphatic carbocycles. The number of carboxylic acid groups (broad SMARTS) is 1. The molecule has 0 spiro atoms. The fourth-order valence-electron chi connectivity index (χ4n) is 0.251. The number of hydrogen-bond acceptors (Lipinski definition) is 3. The fourth-order valence-corrected chi connectivity index (χ4v) is 0.753. The molecule has 0 saturated heterocycles. The summed E-state index contributed by atoms with van der Waals surface area (Å²) in [4.78, 5) is 26.0. The van der Waals surface area contributed by atoms with Crippen LogP contribution in [0, 0.1) is 0 Å². The van der Waals surface area contributed by atoms with E-state index >= 15 is 0 Å². The Kier molecular flexibility index (Phi) is 6.76. The van der Waals surface area contributed by atoms with E-state index in [2.05, 4.69) is 4.52 Å². The Labute approximate surface area is 85.1 Å². The average Bonchev–Trinajstić information content (AvgIpc) is 1.60. The van der Waals surface area contributed by atoms with Gasteiger partial charge in [0.2, 0.25) is 0 Å². The first-order valence-corrected chi connectivity index (χ1v) is 3.82. The van der Waals surface area contributed by atoms with Crippen LogP contribution < -0.4 is 0 Å². The third-order valence-electron chi connectivity index (χ3n) is 0.643. The molecule has 0 heterocycles. The molecule has 1 atom stereocenters. The second-order valence-electron chi connectivity index (χ2n) is 1.58. The maximum absolute atomic E-state index is 9.96. The van der Waals surface area contributed by atoms with Gasteiger partial charge in [-0.2, -0.15) is 0 Å². The van der Waals surface area contributed by atoms with E-state index in [0.29, 0.717) is 0 Å². The number of hydrogen-bond donors (Lipinski definition) is 3. The van der Waals surface area contributed by atoms with Crippen molar-refractivity contribution in [2.45, 2.75) is 13.0 Å². The minimum absolute atomic E-state index is 0. The zero-order chi connectivity index (χ0) is 8.36. The van der Waals surface area contributed by atoms with Crippen molar-refractivity contribution in [3.63, 3.8) is 0 Å². The van der Waals surface area contributed by atoms with Gasteiger partial charge in [0, 0.05) is 0 Å². The van der Waals surface area contributed by atoms with Crippen molar-refractivity contribution in [1.82, 2.24) is 0 Å². The van der Waals surface area contributed by atoms with Crippen LogP contribution in [0.3, 0.4) is 0 Å². The standard InChI is InChI=1S/C3H7O6P.Na.H/c1-2(3(4)5)9-10(6,7)8;;/h2H,1H3,(H,4,5)(H2,6,7,8);;. The van der Waals surface area contributed by atoms with Gasteiger partial charge in [0.05, 0.1) is 0 Å². The number of carboxylic acids is 1. The van der Waals surface area contributed by atoms with Crippen LogP contribution in [0.5, 0.6) is 0 Å². The third-order valence-corrected chi connectivity index (χ3v) is 1.23. The van der Waals surface area contributed by atoms with E-state index in [1.807, 2.05) is 0 Å². The average molecular weight is 194 g/mol. The van der Waals surface area contributed by atoms with Crippen LogP contribution in [-0.2, 0) is 13.9 Å². The zero-order valence-corrected chi connectivity index (χ0v) is 5.99. The number of carbonyl (C=O) groups is 1. The summed E-state index contributed by atoms with van der Waals surface area (Å²) < 4.78 is 13.7. The van der Waals surface area contributed by atoms with E-state index < -0.39 is 19.9 Å². The molecule has 8 heteroatoms. The summed E-state index contributed by atoms with van der Waals surface area (Å²) in [5, 5.41) is 8.08. The Morgan fingerprint density at radius 1 is 1.55 bits per heavy atom. The van der Waals surface area contributed by atoms with Crippen LogP contribution in [0.25, 0.3) is 0 Å². The number of aliphatic carboxylic acids is 1. The molecule has 1 unspecified atom stereocenters. The normalized spacial score (nSPS) is 13.4. The molecule has 0 aromatic carbocycles. The summed E-state index contributed by atoms with van der Waals surface area (Å²) >= 11 is 0. The molecule has 62 valence electrons. The summed E-state index contributed by atoms with van der Waals surface area (Å²) in [6.07, 6.45) is -1.49. The van der Waals surface area contributed by atoms with E-state index in [1.54, 1.807) is 0 Å². The van der Waals surface area contributed by atoms with Crippen molar-refractivity contribution in [2.75, 3.05) is 0 Å². The molecule has 6 nitrogen and oxygen atoms in total. The van der Waals surface area contributed by atoms with Crippen molar-refractivity contribution in [3.8, 4) is 0 Å². The predicted octanol–water partition coefficient (Wildman–Crippen LogP) is -1.08. The van der Waals surface area contributed by atoms with Gasteiger partial charge < -0.3 is 14.9 Å². The summed E-state index contributed by atoms with van der Waals surface area (Å²) in [7, 11) is -4.66. The monoisotopic (exact) mass is 194 g/mol. The molecule has 0 aliphatic heterocycles. The van der Waals surface area contributed by atoms with Gasteiger partial charge in [-0.05, 0) is 6.92 Å². The van der Waals surface area contributed by atoms with E-state index in [0.717, 1.165) is 6.92 Å². The van der Waals surface area contributed by atoms with Gasteiger partial charge in [0.25, 0.3) is 0 Å². The predicted molar refractivity (Wildman–Crippen MR) is 37.4 cm³/mol.